The number of aromatic nitrogens is 4. The number of anilines is 1. The Morgan fingerprint density at radius 2 is 1.88 bits per heavy atom. The quantitative estimate of drug-likeness (QED) is 0.379. The van der Waals surface area contributed by atoms with E-state index < -0.39 is 26.7 Å². The molecule has 2 fully saturated rings. The summed E-state index contributed by atoms with van der Waals surface area (Å²) in [5.41, 5.74) is -0.214. The van der Waals surface area contributed by atoms with E-state index in [2.05, 4.69) is 24.9 Å². The largest absolute Gasteiger partial charge is 0.497 e. The number of likely N-dealkylation sites (tertiary alicyclic amines) is 1. The lowest BCUT2D eigenvalue weighted by Crippen LogP contribution is -2.40. The van der Waals surface area contributed by atoms with E-state index in [1.165, 1.54) is 0 Å². The molecule has 0 saturated carbocycles. The number of rotatable bonds is 10. The molecule has 5 rings (SSSR count). The minimum atomic E-state index is -4.74. The Morgan fingerprint density at radius 1 is 1.12 bits per heavy atom. The predicted molar refractivity (Wildman–Crippen MR) is 146 cm³/mol. The van der Waals surface area contributed by atoms with E-state index in [0.29, 0.717) is 37.6 Å². The molecule has 1 N–H and O–H groups in total. The van der Waals surface area contributed by atoms with E-state index in [1.807, 2.05) is 24.3 Å². The molecule has 0 radical (unpaired) electrons. The highest BCUT2D eigenvalue weighted by Gasteiger charge is 2.36. The van der Waals surface area contributed by atoms with Crippen LogP contribution in [0.2, 0.25) is 0 Å². The summed E-state index contributed by atoms with van der Waals surface area (Å²) in [6.45, 7) is 3.08. The highest BCUT2D eigenvalue weighted by molar-refractivity contribution is 7.89. The fourth-order valence-electron chi connectivity index (χ4n) is 5.63. The molecule has 2 saturated heterocycles. The summed E-state index contributed by atoms with van der Waals surface area (Å²) >= 11 is 0. The number of sulfonamides is 1. The van der Waals surface area contributed by atoms with Gasteiger partial charge in [0.15, 0.2) is 0 Å². The summed E-state index contributed by atoms with van der Waals surface area (Å²) in [5, 5.41) is 7.82. The number of alkyl halides is 3. The summed E-state index contributed by atoms with van der Waals surface area (Å²) in [4.78, 5) is 7.56. The Morgan fingerprint density at radius 3 is 2.54 bits per heavy atom. The molecular formula is C27H34F3N7O3S. The molecule has 0 aliphatic carbocycles. The number of benzene rings is 1. The first-order valence-corrected chi connectivity index (χ1v) is 15.2. The van der Waals surface area contributed by atoms with E-state index in [1.54, 1.807) is 29.1 Å². The van der Waals surface area contributed by atoms with Crippen LogP contribution < -0.4 is 14.4 Å². The molecule has 3 aromatic rings. The van der Waals surface area contributed by atoms with Gasteiger partial charge in [0.05, 0.1) is 18.9 Å². The van der Waals surface area contributed by atoms with Crippen LogP contribution >= 0.6 is 0 Å². The van der Waals surface area contributed by atoms with Crippen LogP contribution in [0, 0.1) is 5.92 Å². The highest BCUT2D eigenvalue weighted by atomic mass is 32.2. The Hall–Kier alpha value is -3.23. The van der Waals surface area contributed by atoms with Crippen molar-refractivity contribution in [3.8, 4) is 5.75 Å². The number of piperidine rings is 1. The lowest BCUT2D eigenvalue weighted by atomic mass is 9.98. The average molecular weight is 594 g/mol. The number of methoxy groups -OCH3 is 1. The third-order valence-electron chi connectivity index (χ3n) is 7.73. The fraction of sp³-hybridized carbons (Fsp3) is 0.519. The molecule has 14 heteroatoms. The number of pyridine rings is 1. The van der Waals surface area contributed by atoms with Crippen LogP contribution in [-0.4, -0.2) is 73.1 Å². The van der Waals surface area contributed by atoms with E-state index >= 15 is 0 Å². The van der Waals surface area contributed by atoms with Gasteiger partial charge in [-0.25, -0.2) is 18.1 Å². The normalized spacial score (nSPS) is 19.4. The molecule has 2 atom stereocenters. The summed E-state index contributed by atoms with van der Waals surface area (Å²) in [6, 6.07) is 7.81. The molecule has 2 unspecified atom stereocenters. The van der Waals surface area contributed by atoms with Crippen molar-refractivity contribution in [2.45, 2.75) is 49.3 Å². The lowest BCUT2D eigenvalue weighted by Gasteiger charge is -2.34. The maximum atomic E-state index is 13.8. The van der Waals surface area contributed by atoms with Crippen LogP contribution in [0.5, 0.6) is 5.75 Å². The van der Waals surface area contributed by atoms with Crippen molar-refractivity contribution in [2.24, 2.45) is 5.92 Å². The van der Waals surface area contributed by atoms with Crippen molar-refractivity contribution in [2.75, 3.05) is 44.7 Å². The predicted octanol–water partition coefficient (Wildman–Crippen LogP) is 3.73. The Bertz CT molecular complexity index is 1400. The van der Waals surface area contributed by atoms with Crippen LogP contribution in [0.4, 0.5) is 19.0 Å². The zero-order chi connectivity index (χ0) is 29.0. The Labute approximate surface area is 237 Å². The second-order valence-electron chi connectivity index (χ2n) is 10.5. The van der Waals surface area contributed by atoms with Crippen LogP contribution in [0.3, 0.4) is 0 Å². The number of nitrogens with zero attached hydrogens (tertiary/aromatic N) is 6. The average Bonchev–Trinajstić information content (AvgIpc) is 3.68. The maximum Gasteiger partial charge on any atom is 0.417 e. The van der Waals surface area contributed by atoms with Gasteiger partial charge >= 0.3 is 6.18 Å². The summed E-state index contributed by atoms with van der Waals surface area (Å²) in [5.74, 6) is 0.807. The van der Waals surface area contributed by atoms with Crippen LogP contribution in [-0.2, 0) is 22.7 Å². The second kappa shape index (κ2) is 12.3. The van der Waals surface area contributed by atoms with Crippen molar-refractivity contribution in [3.63, 3.8) is 0 Å². The standard InChI is InChI=1S/C27H34F3N7O3S/c1-40-23-8-6-21(7-9-23)24(35-11-2-3-12-35)17-33-41(38,39)25-15-22(27(28,29)30)16-31-26(25)36-13-4-5-20(18-36)19-37-14-10-32-34-37/h6-10,14-16,20,24,33H,2-5,11-13,17-19H2,1H3. The lowest BCUT2D eigenvalue weighted by molar-refractivity contribution is -0.138. The number of halogens is 3. The third kappa shape index (κ3) is 6.99. The minimum absolute atomic E-state index is 0.000723. The summed E-state index contributed by atoms with van der Waals surface area (Å²) < 4.78 is 78.2. The summed E-state index contributed by atoms with van der Waals surface area (Å²) in [7, 11) is -2.80. The number of hydrogen-bond acceptors (Lipinski definition) is 8. The molecule has 0 amide bonds. The number of hydrogen-bond donors (Lipinski definition) is 1. The molecule has 1 aromatic carbocycles. The van der Waals surface area contributed by atoms with Gasteiger partial charge in [-0.1, -0.05) is 17.3 Å². The van der Waals surface area contributed by atoms with Crippen LogP contribution in [0.1, 0.15) is 42.9 Å². The van der Waals surface area contributed by atoms with Crippen LogP contribution in [0.25, 0.3) is 0 Å². The second-order valence-corrected chi connectivity index (χ2v) is 12.2. The topological polar surface area (TPSA) is 105 Å². The molecule has 0 spiro atoms. The smallest absolute Gasteiger partial charge is 0.417 e. The SMILES string of the molecule is COc1ccc(C(CNS(=O)(=O)c2cc(C(F)(F)F)cnc2N2CCCC(Cn3ccnn3)C2)N2CCCC2)cc1. The van der Waals surface area contributed by atoms with Crippen molar-refractivity contribution >= 4 is 15.8 Å². The van der Waals surface area contributed by atoms with Gasteiger partial charge in [-0.3, -0.25) is 9.58 Å². The van der Waals surface area contributed by atoms with Crippen molar-refractivity contribution in [1.82, 2.24) is 29.6 Å². The third-order valence-corrected chi connectivity index (χ3v) is 9.16. The van der Waals surface area contributed by atoms with Gasteiger partial charge in [0.1, 0.15) is 16.5 Å². The molecule has 2 aliphatic heterocycles. The molecule has 222 valence electrons. The van der Waals surface area contributed by atoms with Gasteiger partial charge in [0, 0.05) is 44.6 Å². The molecule has 10 nitrogen and oxygen atoms in total. The highest BCUT2D eigenvalue weighted by Crippen LogP contribution is 2.35. The van der Waals surface area contributed by atoms with Gasteiger partial charge < -0.3 is 9.64 Å². The monoisotopic (exact) mass is 593 g/mol. The van der Waals surface area contributed by atoms with Gasteiger partial charge in [-0.2, -0.15) is 13.2 Å². The van der Waals surface area contributed by atoms with E-state index in [4.69, 9.17) is 4.74 Å². The Kier molecular flexibility index (Phi) is 8.80. The fourth-order valence-corrected chi connectivity index (χ4v) is 6.87. The van der Waals surface area contributed by atoms with E-state index in [-0.39, 0.29) is 24.3 Å². The van der Waals surface area contributed by atoms with Crippen molar-refractivity contribution in [1.29, 1.82) is 0 Å². The number of nitrogens with one attached hydrogen (secondary N) is 1. The molecule has 41 heavy (non-hydrogen) atoms. The van der Waals surface area contributed by atoms with Crippen molar-refractivity contribution < 1.29 is 26.3 Å². The molecular weight excluding hydrogens is 559 g/mol. The zero-order valence-corrected chi connectivity index (χ0v) is 23.6. The first-order chi connectivity index (χ1) is 19.6. The number of ether oxygens (including phenoxy) is 1. The Balaban J connectivity index is 1.42. The maximum absolute atomic E-state index is 13.8. The molecule has 2 aromatic heterocycles. The molecule has 4 heterocycles. The zero-order valence-electron chi connectivity index (χ0n) is 22.8. The van der Waals surface area contributed by atoms with E-state index in [0.717, 1.165) is 44.3 Å². The van der Waals surface area contributed by atoms with E-state index in [9.17, 15) is 21.6 Å². The molecule has 0 bridgehead atoms. The first-order valence-electron chi connectivity index (χ1n) is 13.7. The van der Waals surface area contributed by atoms with Crippen LogP contribution in [0.15, 0.2) is 53.8 Å². The van der Waals surface area contributed by atoms with Crippen molar-refractivity contribution in [3.05, 3.63) is 60.0 Å². The van der Waals surface area contributed by atoms with Gasteiger partial charge in [-0.15, -0.1) is 5.10 Å². The first kappa shape index (κ1) is 29.3. The minimum Gasteiger partial charge on any atom is -0.497 e. The van der Waals surface area contributed by atoms with Gasteiger partial charge in [0.2, 0.25) is 10.0 Å². The summed E-state index contributed by atoms with van der Waals surface area (Å²) in [6.07, 6.45) is 2.89. The van der Waals surface area contributed by atoms with Gasteiger partial charge in [-0.05, 0) is 68.5 Å². The van der Waals surface area contributed by atoms with Gasteiger partial charge in [0.25, 0.3) is 0 Å². The molecule has 2 aliphatic rings.